The molecule has 5 nitrogen and oxygen atoms in total. The van der Waals surface area contributed by atoms with E-state index in [1.165, 1.54) is 22.9 Å². The maximum atomic E-state index is 13.2. The van der Waals surface area contributed by atoms with Crippen molar-refractivity contribution in [2.24, 2.45) is 0 Å². The molecule has 0 aromatic carbocycles. The Kier molecular flexibility index (Phi) is 2.97. The third-order valence-corrected chi connectivity index (χ3v) is 3.55. The van der Waals surface area contributed by atoms with Gasteiger partial charge in [0.1, 0.15) is 11.2 Å². The van der Waals surface area contributed by atoms with Gasteiger partial charge in [-0.15, -0.1) is 11.8 Å². The molecule has 2 atom stereocenters. The fourth-order valence-corrected chi connectivity index (χ4v) is 2.56. The number of nitrogens with one attached hydrogen (secondary N) is 1. The number of aromatic nitrogens is 2. The van der Waals surface area contributed by atoms with Gasteiger partial charge in [-0.05, 0) is 6.08 Å². The van der Waals surface area contributed by atoms with E-state index in [1.807, 2.05) is 0 Å². The molecule has 1 aromatic rings. The van der Waals surface area contributed by atoms with Gasteiger partial charge in [0.2, 0.25) is 0 Å². The second-order valence-corrected chi connectivity index (χ2v) is 4.59. The Balaban J connectivity index is 2.34. The number of hydrogen-bond donors (Lipinski definition) is 2. The predicted molar refractivity (Wildman–Crippen MR) is 58.0 cm³/mol. The molecule has 16 heavy (non-hydrogen) atoms. The molecule has 0 unspecified atom stereocenters. The number of halogens is 1. The zero-order chi connectivity index (χ0) is 11.7. The number of aliphatic hydroxyl groups is 1. The molecule has 0 aliphatic carbocycles. The van der Waals surface area contributed by atoms with Crippen LogP contribution in [0.4, 0.5) is 4.39 Å². The predicted octanol–water partition coefficient (Wildman–Crippen LogP) is -0.00370. The molecule has 1 aromatic heterocycles. The normalized spacial score (nSPS) is 24.5. The van der Waals surface area contributed by atoms with E-state index in [1.54, 1.807) is 0 Å². The van der Waals surface area contributed by atoms with E-state index in [-0.39, 0.29) is 6.61 Å². The molecular weight excluding hydrogens is 235 g/mol. The van der Waals surface area contributed by atoms with Crippen molar-refractivity contribution in [2.75, 3.05) is 6.61 Å². The Bertz CT molecular complexity index is 536. The van der Waals surface area contributed by atoms with Crippen molar-refractivity contribution in [3.05, 3.63) is 45.0 Å². The molecule has 0 saturated carbocycles. The molecule has 1 aliphatic heterocycles. The first-order chi connectivity index (χ1) is 7.61. The third-order valence-electron chi connectivity index (χ3n) is 2.20. The van der Waals surface area contributed by atoms with Crippen LogP contribution in [0.2, 0.25) is 0 Å². The molecule has 0 spiro atoms. The smallest absolute Gasteiger partial charge is 0.329 e. The second kappa shape index (κ2) is 4.26. The highest BCUT2D eigenvalue weighted by molar-refractivity contribution is 8.00. The van der Waals surface area contributed by atoms with Crippen LogP contribution in [-0.4, -0.2) is 26.5 Å². The summed E-state index contributed by atoms with van der Waals surface area (Å²) in [5.41, 5.74) is -1.08. The molecule has 0 radical (unpaired) electrons. The van der Waals surface area contributed by atoms with Crippen LogP contribution in [-0.2, 0) is 0 Å². The van der Waals surface area contributed by atoms with Crippen LogP contribution in [0, 0.1) is 0 Å². The first-order valence-electron chi connectivity index (χ1n) is 4.57. The molecule has 86 valence electrons. The SMILES string of the molecule is O=c1ccn([C@H]2C=C(F)[C@@H](CO)S2)c(=O)[nH]1. The van der Waals surface area contributed by atoms with Crippen molar-refractivity contribution in [3.63, 3.8) is 0 Å². The molecule has 2 heterocycles. The van der Waals surface area contributed by atoms with Gasteiger partial charge in [-0.2, -0.15) is 0 Å². The van der Waals surface area contributed by atoms with Gasteiger partial charge in [-0.25, -0.2) is 9.18 Å². The highest BCUT2D eigenvalue weighted by atomic mass is 32.2. The number of hydrogen-bond acceptors (Lipinski definition) is 4. The van der Waals surface area contributed by atoms with E-state index in [9.17, 15) is 14.0 Å². The first-order valence-corrected chi connectivity index (χ1v) is 5.51. The lowest BCUT2D eigenvalue weighted by molar-refractivity contribution is 0.295. The minimum absolute atomic E-state index is 0.318. The van der Waals surface area contributed by atoms with E-state index in [2.05, 4.69) is 4.98 Å². The van der Waals surface area contributed by atoms with Gasteiger partial charge in [0.15, 0.2) is 0 Å². The van der Waals surface area contributed by atoms with E-state index >= 15 is 0 Å². The molecule has 2 rings (SSSR count). The topological polar surface area (TPSA) is 75.1 Å². The van der Waals surface area contributed by atoms with Crippen LogP contribution < -0.4 is 11.2 Å². The van der Waals surface area contributed by atoms with Gasteiger partial charge in [0, 0.05) is 12.3 Å². The summed E-state index contributed by atoms with van der Waals surface area (Å²) in [6.45, 7) is -0.318. The summed E-state index contributed by atoms with van der Waals surface area (Å²) in [5.74, 6) is -0.449. The van der Waals surface area contributed by atoms with Gasteiger partial charge < -0.3 is 5.11 Å². The van der Waals surface area contributed by atoms with Gasteiger partial charge in [-0.3, -0.25) is 14.3 Å². The Morgan fingerprint density at radius 3 is 2.88 bits per heavy atom. The fourth-order valence-electron chi connectivity index (χ4n) is 1.42. The van der Waals surface area contributed by atoms with E-state index < -0.39 is 27.7 Å². The van der Waals surface area contributed by atoms with Crippen LogP contribution in [0.5, 0.6) is 0 Å². The summed E-state index contributed by atoms with van der Waals surface area (Å²) < 4.78 is 14.4. The first kappa shape index (κ1) is 11.2. The van der Waals surface area contributed by atoms with Gasteiger partial charge >= 0.3 is 5.69 Å². The second-order valence-electron chi connectivity index (χ2n) is 3.27. The average molecular weight is 244 g/mol. The molecule has 2 N–H and O–H groups in total. The number of aromatic amines is 1. The largest absolute Gasteiger partial charge is 0.395 e. The Labute approximate surface area is 93.6 Å². The molecule has 0 saturated heterocycles. The van der Waals surface area contributed by atoms with Crippen molar-refractivity contribution in [1.29, 1.82) is 0 Å². The maximum absolute atomic E-state index is 13.2. The lowest BCUT2D eigenvalue weighted by Crippen LogP contribution is -2.29. The van der Waals surface area contributed by atoms with Crippen LogP contribution in [0.25, 0.3) is 0 Å². The fraction of sp³-hybridized carbons (Fsp3) is 0.333. The number of nitrogens with zero attached hydrogens (tertiary/aromatic N) is 1. The van der Waals surface area contributed by atoms with Crippen molar-refractivity contribution in [1.82, 2.24) is 9.55 Å². The molecule has 1 aliphatic rings. The summed E-state index contributed by atoms with van der Waals surface area (Å²) in [6.07, 6.45) is 2.56. The lowest BCUT2D eigenvalue weighted by Gasteiger charge is -2.11. The average Bonchev–Trinajstić information content (AvgIpc) is 2.59. The molecular formula is C9H9FN2O3S. The zero-order valence-corrected chi connectivity index (χ0v) is 8.91. The third kappa shape index (κ3) is 1.96. The van der Waals surface area contributed by atoms with Crippen LogP contribution >= 0.6 is 11.8 Å². The lowest BCUT2D eigenvalue weighted by atomic mass is 10.3. The van der Waals surface area contributed by atoms with Crippen LogP contribution in [0.3, 0.4) is 0 Å². The summed E-state index contributed by atoms with van der Waals surface area (Å²) in [6, 6.07) is 1.19. The van der Waals surface area contributed by atoms with E-state index in [0.717, 1.165) is 11.8 Å². The highest BCUT2D eigenvalue weighted by Crippen LogP contribution is 2.39. The van der Waals surface area contributed by atoms with Gasteiger partial charge in [0.05, 0.1) is 11.9 Å². The Morgan fingerprint density at radius 1 is 1.56 bits per heavy atom. The minimum Gasteiger partial charge on any atom is -0.395 e. The van der Waals surface area contributed by atoms with Crippen LogP contribution in [0.15, 0.2) is 33.8 Å². The van der Waals surface area contributed by atoms with Crippen LogP contribution in [0.1, 0.15) is 5.37 Å². The number of aliphatic hydroxyl groups excluding tert-OH is 1. The quantitative estimate of drug-likeness (QED) is 0.767. The summed E-state index contributed by atoms with van der Waals surface area (Å²) in [4.78, 5) is 24.3. The monoisotopic (exact) mass is 244 g/mol. The van der Waals surface area contributed by atoms with Crippen molar-refractivity contribution < 1.29 is 9.50 Å². The summed E-state index contributed by atoms with van der Waals surface area (Å²) in [5, 5.41) is 7.71. The molecule has 7 heteroatoms. The molecule has 0 bridgehead atoms. The minimum atomic E-state index is -0.635. The number of rotatable bonds is 2. The standard InChI is InChI=1S/C9H9FN2O3S/c10-5-3-8(16-6(5)4-13)12-2-1-7(14)11-9(12)15/h1-3,6,8,13H,4H2,(H,11,14,15)/t6-,8-/m1/s1. The molecule has 0 fully saturated rings. The van der Waals surface area contributed by atoms with Gasteiger partial charge in [0.25, 0.3) is 5.56 Å². The van der Waals surface area contributed by atoms with Crippen molar-refractivity contribution in [3.8, 4) is 0 Å². The number of H-pyrrole nitrogens is 1. The maximum Gasteiger partial charge on any atom is 0.329 e. The molecule has 0 amide bonds. The van der Waals surface area contributed by atoms with Crippen molar-refractivity contribution >= 4 is 11.8 Å². The summed E-state index contributed by atoms with van der Waals surface area (Å²) in [7, 11) is 0. The zero-order valence-electron chi connectivity index (χ0n) is 8.09. The Morgan fingerprint density at radius 2 is 2.31 bits per heavy atom. The van der Waals surface area contributed by atoms with E-state index in [4.69, 9.17) is 5.11 Å². The highest BCUT2D eigenvalue weighted by Gasteiger charge is 2.28. The van der Waals surface area contributed by atoms with Crippen molar-refractivity contribution in [2.45, 2.75) is 10.6 Å². The van der Waals surface area contributed by atoms with Gasteiger partial charge in [-0.1, -0.05) is 0 Å². The summed E-state index contributed by atoms with van der Waals surface area (Å²) >= 11 is 1.12. The Hall–Kier alpha value is -1.34. The number of thioether (sulfide) groups is 1. The van der Waals surface area contributed by atoms with E-state index in [0.29, 0.717) is 0 Å².